The highest BCUT2D eigenvalue weighted by Crippen LogP contribution is 1.97. The van der Waals surface area contributed by atoms with E-state index >= 15 is 0 Å². The molecule has 0 bridgehead atoms. The molecule has 1 radical (unpaired) electrons. The number of carbonyl (C=O) groups excluding carboxylic acids is 1. The standard InChI is InChI=1S/C6H12NO2/c1-2-3-4-5-9-6(7)8/h5H,2-4H2,1H3,(H2,7,8). The molecule has 2 N–H and O–H groups in total. The molecule has 0 aromatic rings. The van der Waals surface area contributed by atoms with Crippen molar-refractivity contribution >= 4 is 6.09 Å². The van der Waals surface area contributed by atoms with Crippen LogP contribution in [0.15, 0.2) is 0 Å². The average molecular weight is 130 g/mol. The van der Waals surface area contributed by atoms with Crippen molar-refractivity contribution in [2.24, 2.45) is 5.73 Å². The first-order chi connectivity index (χ1) is 4.27. The first-order valence-electron chi connectivity index (χ1n) is 3.05. The van der Waals surface area contributed by atoms with Gasteiger partial charge >= 0.3 is 6.09 Å². The lowest BCUT2D eigenvalue weighted by Crippen LogP contribution is -2.10. The molecule has 9 heavy (non-hydrogen) atoms. The maximum atomic E-state index is 9.93. The molecule has 0 spiro atoms. The normalized spacial score (nSPS) is 9.00. The van der Waals surface area contributed by atoms with Gasteiger partial charge in [-0.3, -0.25) is 0 Å². The summed E-state index contributed by atoms with van der Waals surface area (Å²) in [6.45, 7) is 3.50. The Morgan fingerprint density at radius 3 is 2.89 bits per heavy atom. The number of nitrogens with two attached hydrogens (primary N) is 1. The lowest BCUT2D eigenvalue weighted by molar-refractivity contribution is 0.179. The van der Waals surface area contributed by atoms with Crippen molar-refractivity contribution in [2.45, 2.75) is 26.2 Å². The maximum Gasteiger partial charge on any atom is 0.404 e. The number of rotatable bonds is 4. The van der Waals surface area contributed by atoms with Gasteiger partial charge in [0.1, 0.15) is 6.61 Å². The van der Waals surface area contributed by atoms with Gasteiger partial charge in [0.05, 0.1) is 0 Å². The summed E-state index contributed by atoms with van der Waals surface area (Å²) in [4.78, 5) is 9.93. The predicted molar refractivity (Wildman–Crippen MR) is 34.5 cm³/mol. The Kier molecular flexibility index (Phi) is 4.97. The number of ether oxygens (including phenoxy) is 1. The molecule has 0 atom stereocenters. The van der Waals surface area contributed by atoms with Crippen LogP contribution in [0.25, 0.3) is 0 Å². The van der Waals surface area contributed by atoms with Crippen LogP contribution in [0.5, 0.6) is 0 Å². The van der Waals surface area contributed by atoms with E-state index in [1.807, 2.05) is 0 Å². The van der Waals surface area contributed by atoms with E-state index in [0.29, 0.717) is 0 Å². The largest absolute Gasteiger partial charge is 0.442 e. The Morgan fingerprint density at radius 1 is 1.78 bits per heavy atom. The summed E-state index contributed by atoms with van der Waals surface area (Å²) in [6.07, 6.45) is 2.19. The van der Waals surface area contributed by atoms with Gasteiger partial charge in [-0.05, 0) is 12.8 Å². The Balaban J connectivity index is 2.83. The molecule has 3 nitrogen and oxygen atoms in total. The number of unbranched alkanes of at least 4 members (excludes halogenated alkanes) is 2. The van der Waals surface area contributed by atoms with Gasteiger partial charge in [-0.2, -0.15) is 0 Å². The summed E-state index contributed by atoms with van der Waals surface area (Å²) < 4.78 is 4.36. The van der Waals surface area contributed by atoms with Crippen LogP contribution in [0.1, 0.15) is 26.2 Å². The van der Waals surface area contributed by atoms with E-state index in [4.69, 9.17) is 0 Å². The monoisotopic (exact) mass is 130 g/mol. The van der Waals surface area contributed by atoms with E-state index in [1.54, 1.807) is 0 Å². The molecule has 0 saturated carbocycles. The van der Waals surface area contributed by atoms with Crippen molar-refractivity contribution in [1.29, 1.82) is 0 Å². The molecule has 0 aliphatic rings. The van der Waals surface area contributed by atoms with Crippen molar-refractivity contribution < 1.29 is 9.53 Å². The van der Waals surface area contributed by atoms with Crippen molar-refractivity contribution in [3.63, 3.8) is 0 Å². The molecule has 0 aromatic heterocycles. The lowest BCUT2D eigenvalue weighted by Gasteiger charge is -1.96. The van der Waals surface area contributed by atoms with Crippen LogP contribution in [0.4, 0.5) is 4.79 Å². The smallest absolute Gasteiger partial charge is 0.404 e. The molecule has 0 aliphatic carbocycles. The van der Waals surface area contributed by atoms with E-state index in [2.05, 4.69) is 17.4 Å². The van der Waals surface area contributed by atoms with Crippen LogP contribution >= 0.6 is 0 Å². The molecule has 0 aromatic carbocycles. The van der Waals surface area contributed by atoms with Crippen LogP contribution < -0.4 is 5.73 Å². The Morgan fingerprint density at radius 2 is 2.44 bits per heavy atom. The molecule has 0 aliphatic heterocycles. The number of primary amides is 1. The van der Waals surface area contributed by atoms with E-state index in [1.165, 1.54) is 6.61 Å². The third kappa shape index (κ3) is 7.27. The number of hydrogen-bond acceptors (Lipinski definition) is 2. The zero-order chi connectivity index (χ0) is 7.11. The highest BCUT2D eigenvalue weighted by Gasteiger charge is 1.91. The zero-order valence-corrected chi connectivity index (χ0v) is 5.59. The topological polar surface area (TPSA) is 52.3 Å². The van der Waals surface area contributed by atoms with Gasteiger partial charge in [-0.1, -0.05) is 13.3 Å². The summed E-state index contributed by atoms with van der Waals surface area (Å²) in [5.74, 6) is 0. The fourth-order valence-corrected chi connectivity index (χ4v) is 0.429. The van der Waals surface area contributed by atoms with Gasteiger partial charge in [0.15, 0.2) is 0 Å². The highest BCUT2D eigenvalue weighted by atomic mass is 16.5. The van der Waals surface area contributed by atoms with Crippen molar-refractivity contribution in [3.8, 4) is 0 Å². The second kappa shape index (κ2) is 5.41. The van der Waals surface area contributed by atoms with E-state index in [0.717, 1.165) is 19.3 Å². The Hall–Kier alpha value is -0.730. The molecule has 0 fully saturated rings. The van der Waals surface area contributed by atoms with Crippen LogP contribution in [0.2, 0.25) is 0 Å². The van der Waals surface area contributed by atoms with Crippen LogP contribution in [0.3, 0.4) is 0 Å². The molecule has 0 saturated heterocycles. The fraction of sp³-hybridized carbons (Fsp3) is 0.667. The quantitative estimate of drug-likeness (QED) is 0.585. The molecule has 0 rings (SSSR count). The zero-order valence-electron chi connectivity index (χ0n) is 5.59. The molecule has 53 valence electrons. The average Bonchev–Trinajstić information content (AvgIpc) is 1.80. The second-order valence-electron chi connectivity index (χ2n) is 1.75. The minimum Gasteiger partial charge on any atom is -0.442 e. The summed E-state index contributed by atoms with van der Waals surface area (Å²) in [5, 5.41) is 0. The molecule has 0 heterocycles. The second-order valence-corrected chi connectivity index (χ2v) is 1.75. The fourth-order valence-electron chi connectivity index (χ4n) is 0.429. The van der Waals surface area contributed by atoms with Crippen LogP contribution in [-0.4, -0.2) is 6.09 Å². The van der Waals surface area contributed by atoms with E-state index in [-0.39, 0.29) is 0 Å². The molecular formula is C6H12NO2. The first-order valence-corrected chi connectivity index (χ1v) is 3.05. The molecule has 1 amide bonds. The minimum absolute atomic E-state index is 0.730. The summed E-state index contributed by atoms with van der Waals surface area (Å²) in [6, 6.07) is 0. The summed E-state index contributed by atoms with van der Waals surface area (Å²) >= 11 is 0. The highest BCUT2D eigenvalue weighted by molar-refractivity contribution is 5.64. The van der Waals surface area contributed by atoms with Gasteiger partial charge in [-0.25, -0.2) is 4.79 Å². The van der Waals surface area contributed by atoms with Crippen molar-refractivity contribution in [2.75, 3.05) is 0 Å². The van der Waals surface area contributed by atoms with Gasteiger partial charge in [0, 0.05) is 0 Å². The molecule has 3 heteroatoms. The summed E-state index contributed by atoms with van der Waals surface area (Å²) in [5.41, 5.74) is 4.68. The Bertz CT molecular complexity index is 83.1. The third-order valence-electron chi connectivity index (χ3n) is 0.875. The van der Waals surface area contributed by atoms with Crippen LogP contribution in [0, 0.1) is 6.61 Å². The van der Waals surface area contributed by atoms with E-state index < -0.39 is 6.09 Å². The lowest BCUT2D eigenvalue weighted by atomic mass is 10.3. The van der Waals surface area contributed by atoms with Gasteiger partial charge in [-0.15, -0.1) is 0 Å². The molecule has 0 unspecified atom stereocenters. The maximum absolute atomic E-state index is 9.93. The van der Waals surface area contributed by atoms with Gasteiger partial charge < -0.3 is 10.5 Å². The van der Waals surface area contributed by atoms with Crippen molar-refractivity contribution in [3.05, 3.63) is 6.61 Å². The van der Waals surface area contributed by atoms with Crippen LogP contribution in [-0.2, 0) is 4.74 Å². The Labute approximate surface area is 55.2 Å². The predicted octanol–water partition coefficient (Wildman–Crippen LogP) is 1.43. The minimum atomic E-state index is -0.730. The SMILES string of the molecule is CCCC[CH]OC(N)=O. The number of hydrogen-bond donors (Lipinski definition) is 1. The van der Waals surface area contributed by atoms with Gasteiger partial charge in [0.25, 0.3) is 0 Å². The third-order valence-corrected chi connectivity index (χ3v) is 0.875. The summed E-state index contributed by atoms with van der Waals surface area (Å²) in [7, 11) is 0. The number of carbonyl (C=O) groups is 1. The van der Waals surface area contributed by atoms with Crippen molar-refractivity contribution in [1.82, 2.24) is 0 Å². The molecular weight excluding hydrogens is 118 g/mol. The van der Waals surface area contributed by atoms with Gasteiger partial charge in [0.2, 0.25) is 0 Å². The number of amides is 1. The first kappa shape index (κ1) is 8.27. The van der Waals surface area contributed by atoms with E-state index in [9.17, 15) is 4.79 Å².